The minimum absolute atomic E-state index is 0.0444. The second-order valence-electron chi connectivity index (χ2n) is 7.52. The highest BCUT2D eigenvalue weighted by molar-refractivity contribution is 7.89. The number of carboxylic acid groups (broad SMARTS) is 1. The molecule has 0 bridgehead atoms. The molecule has 0 aliphatic carbocycles. The topological polar surface area (TPSA) is 86.7 Å². The lowest BCUT2D eigenvalue weighted by Gasteiger charge is -2.22. The largest absolute Gasteiger partial charge is 0.478 e. The van der Waals surface area contributed by atoms with Crippen LogP contribution in [-0.4, -0.2) is 50.0 Å². The first-order valence-electron chi connectivity index (χ1n) is 11.5. The summed E-state index contributed by atoms with van der Waals surface area (Å²) >= 11 is 6.00. The molecule has 8 heteroatoms. The first-order valence-corrected chi connectivity index (χ1v) is 13.3. The number of sulfonamides is 1. The first-order chi connectivity index (χ1) is 14.8. The number of benzene rings is 1. The lowest BCUT2D eigenvalue weighted by molar-refractivity contribution is 0.0696. The van der Waals surface area contributed by atoms with Gasteiger partial charge in [-0.15, -0.1) is 0 Å². The average Bonchev–Trinajstić information content (AvgIpc) is 2.74. The quantitative estimate of drug-likeness (QED) is 0.312. The fraction of sp³-hybridized carbons (Fsp3) is 0.696. The number of carboxylic acids is 1. The molecule has 1 rings (SSSR count). The van der Waals surface area contributed by atoms with E-state index < -0.39 is 16.0 Å². The maximum atomic E-state index is 12.8. The Kier molecular flexibility index (Phi) is 16.8. The second kappa shape index (κ2) is 17.4. The molecule has 6 nitrogen and oxygen atoms in total. The van der Waals surface area contributed by atoms with Crippen LogP contribution in [0.2, 0.25) is 5.02 Å². The Bertz CT molecular complexity index is 712. The van der Waals surface area contributed by atoms with Gasteiger partial charge in [-0.2, -0.15) is 4.31 Å². The summed E-state index contributed by atoms with van der Waals surface area (Å²) in [5.74, 6) is -1.18. The number of nitrogens with zero attached hydrogens (tertiary/aromatic N) is 1. The molecule has 0 radical (unpaired) electrons. The SMILES string of the molecule is CCCCN(CCCC)S(=O)(=O)c1cc(C(=O)O)ccc1Cl.CCCCNCCCC. The smallest absolute Gasteiger partial charge is 0.335 e. The summed E-state index contributed by atoms with van der Waals surface area (Å²) in [6.45, 7) is 11.7. The molecule has 0 fully saturated rings. The highest BCUT2D eigenvalue weighted by Crippen LogP contribution is 2.26. The predicted molar refractivity (Wildman–Crippen MR) is 130 cm³/mol. The molecule has 2 N–H and O–H groups in total. The molecule has 0 saturated carbocycles. The summed E-state index contributed by atoms with van der Waals surface area (Å²) in [4.78, 5) is 10.9. The van der Waals surface area contributed by atoms with Crippen LogP contribution in [0.25, 0.3) is 0 Å². The van der Waals surface area contributed by atoms with Crippen molar-refractivity contribution in [2.24, 2.45) is 0 Å². The van der Waals surface area contributed by atoms with Gasteiger partial charge in [0.15, 0.2) is 0 Å². The Morgan fingerprint density at radius 1 is 0.935 bits per heavy atom. The molecule has 0 spiro atoms. The summed E-state index contributed by atoms with van der Waals surface area (Å²) in [5, 5.41) is 12.5. The van der Waals surface area contributed by atoms with E-state index in [4.69, 9.17) is 16.7 Å². The van der Waals surface area contributed by atoms with E-state index in [9.17, 15) is 13.2 Å². The van der Waals surface area contributed by atoms with E-state index in [1.54, 1.807) is 0 Å². The highest BCUT2D eigenvalue weighted by atomic mass is 35.5. The molecule has 1 aromatic rings. The van der Waals surface area contributed by atoms with Gasteiger partial charge in [0, 0.05) is 13.1 Å². The zero-order chi connectivity index (χ0) is 23.7. The Labute approximate surface area is 194 Å². The van der Waals surface area contributed by atoms with Crippen LogP contribution in [-0.2, 0) is 10.0 Å². The number of hydrogen-bond donors (Lipinski definition) is 2. The molecular formula is C23H41ClN2O4S. The number of unbranched alkanes of at least 4 members (excludes halogenated alkanes) is 4. The van der Waals surface area contributed by atoms with Gasteiger partial charge in [-0.25, -0.2) is 13.2 Å². The van der Waals surface area contributed by atoms with Gasteiger partial charge < -0.3 is 10.4 Å². The van der Waals surface area contributed by atoms with Crippen LogP contribution in [0.4, 0.5) is 0 Å². The summed E-state index contributed by atoms with van der Waals surface area (Å²) < 4.78 is 27.0. The Morgan fingerprint density at radius 3 is 1.84 bits per heavy atom. The van der Waals surface area contributed by atoms with E-state index in [2.05, 4.69) is 19.2 Å². The molecule has 0 atom stereocenters. The number of aromatic carboxylic acids is 1. The van der Waals surface area contributed by atoms with E-state index >= 15 is 0 Å². The Hall–Kier alpha value is -1.15. The van der Waals surface area contributed by atoms with Gasteiger partial charge in [0.05, 0.1) is 10.6 Å². The van der Waals surface area contributed by atoms with Crippen LogP contribution in [0.1, 0.15) is 89.4 Å². The number of nitrogens with one attached hydrogen (secondary N) is 1. The molecule has 0 unspecified atom stereocenters. The van der Waals surface area contributed by atoms with Crippen molar-refractivity contribution in [2.75, 3.05) is 26.2 Å². The number of halogens is 1. The third-order valence-corrected chi connectivity index (χ3v) is 7.11. The van der Waals surface area contributed by atoms with Gasteiger partial charge in [-0.1, -0.05) is 65.0 Å². The van der Waals surface area contributed by atoms with Gasteiger partial charge in [0.2, 0.25) is 10.0 Å². The molecule has 0 amide bonds. The zero-order valence-electron chi connectivity index (χ0n) is 19.6. The first kappa shape index (κ1) is 29.9. The van der Waals surface area contributed by atoms with Crippen molar-refractivity contribution in [3.8, 4) is 0 Å². The van der Waals surface area contributed by atoms with Gasteiger partial charge in [-0.05, 0) is 57.0 Å². The summed E-state index contributed by atoms with van der Waals surface area (Å²) in [7, 11) is -3.79. The van der Waals surface area contributed by atoms with Crippen LogP contribution in [0, 0.1) is 0 Å². The summed E-state index contributed by atoms with van der Waals surface area (Å²) in [6, 6.07) is 3.74. The van der Waals surface area contributed by atoms with Crippen molar-refractivity contribution < 1.29 is 18.3 Å². The van der Waals surface area contributed by atoms with Crippen LogP contribution < -0.4 is 5.32 Å². The fourth-order valence-electron chi connectivity index (χ4n) is 2.72. The zero-order valence-corrected chi connectivity index (χ0v) is 21.2. The van der Waals surface area contributed by atoms with Gasteiger partial charge in [0.1, 0.15) is 4.90 Å². The van der Waals surface area contributed by atoms with Crippen LogP contribution in [0.5, 0.6) is 0 Å². The van der Waals surface area contributed by atoms with Crippen LogP contribution in [0.15, 0.2) is 23.1 Å². The predicted octanol–water partition coefficient (Wildman–Crippen LogP) is 5.81. The monoisotopic (exact) mass is 476 g/mol. The molecule has 0 aliphatic rings. The van der Waals surface area contributed by atoms with Crippen molar-refractivity contribution in [3.05, 3.63) is 28.8 Å². The lowest BCUT2D eigenvalue weighted by Crippen LogP contribution is -2.33. The molecule has 0 aliphatic heterocycles. The third kappa shape index (κ3) is 11.9. The molecule has 0 aromatic heterocycles. The number of carbonyl (C=O) groups is 1. The van der Waals surface area contributed by atoms with E-state index in [1.165, 1.54) is 55.2 Å². The van der Waals surface area contributed by atoms with Crippen molar-refractivity contribution in [1.29, 1.82) is 0 Å². The van der Waals surface area contributed by atoms with E-state index in [0.29, 0.717) is 13.1 Å². The second-order valence-corrected chi connectivity index (χ2v) is 9.83. The average molecular weight is 477 g/mol. The van der Waals surface area contributed by atoms with Crippen molar-refractivity contribution in [1.82, 2.24) is 9.62 Å². The molecule has 0 saturated heterocycles. The number of rotatable bonds is 15. The summed E-state index contributed by atoms with van der Waals surface area (Å²) in [6.07, 6.45) is 8.51. The lowest BCUT2D eigenvalue weighted by atomic mass is 10.2. The molecule has 1 aromatic carbocycles. The highest BCUT2D eigenvalue weighted by Gasteiger charge is 2.27. The van der Waals surface area contributed by atoms with Crippen LogP contribution in [0.3, 0.4) is 0 Å². The maximum absolute atomic E-state index is 12.8. The molecule has 180 valence electrons. The van der Waals surface area contributed by atoms with Gasteiger partial charge >= 0.3 is 5.97 Å². The van der Waals surface area contributed by atoms with Gasteiger partial charge in [0.25, 0.3) is 0 Å². The summed E-state index contributed by atoms with van der Waals surface area (Å²) in [5.41, 5.74) is -0.0890. The van der Waals surface area contributed by atoms with E-state index in [-0.39, 0.29) is 15.5 Å². The van der Waals surface area contributed by atoms with E-state index in [1.807, 2.05) is 13.8 Å². The van der Waals surface area contributed by atoms with E-state index in [0.717, 1.165) is 31.7 Å². The molecular weight excluding hydrogens is 436 g/mol. The number of hydrogen-bond acceptors (Lipinski definition) is 4. The Morgan fingerprint density at radius 2 is 1.42 bits per heavy atom. The molecule has 0 heterocycles. The normalized spacial score (nSPS) is 11.3. The Balaban J connectivity index is 0.000000842. The van der Waals surface area contributed by atoms with Crippen molar-refractivity contribution >= 4 is 27.6 Å². The minimum Gasteiger partial charge on any atom is -0.478 e. The standard InChI is InChI=1S/C15H22ClNO4S.C8H19N/c1-3-5-9-17(10-6-4-2)22(20,21)14-11-12(15(18)19)7-8-13(14)16;1-3-5-7-9-8-6-4-2/h7-8,11H,3-6,9-10H2,1-2H3,(H,18,19);9H,3-8H2,1-2H3. The fourth-order valence-corrected chi connectivity index (χ4v) is 4.74. The van der Waals surface area contributed by atoms with Gasteiger partial charge in [-0.3, -0.25) is 0 Å². The molecule has 31 heavy (non-hydrogen) atoms. The van der Waals surface area contributed by atoms with Crippen molar-refractivity contribution in [2.45, 2.75) is 84.0 Å². The van der Waals surface area contributed by atoms with Crippen LogP contribution >= 0.6 is 11.6 Å². The maximum Gasteiger partial charge on any atom is 0.335 e. The third-order valence-electron chi connectivity index (χ3n) is 4.73. The van der Waals surface area contributed by atoms with Crippen molar-refractivity contribution in [3.63, 3.8) is 0 Å². The minimum atomic E-state index is -3.79.